The highest BCUT2D eigenvalue weighted by Gasteiger charge is 2.20. The van der Waals surface area contributed by atoms with E-state index in [-0.39, 0.29) is 0 Å². The molecule has 0 aromatic heterocycles. The second kappa shape index (κ2) is 17.6. The lowest BCUT2D eigenvalue weighted by molar-refractivity contribution is -0.118. The summed E-state index contributed by atoms with van der Waals surface area (Å²) in [5.41, 5.74) is 5.43. The van der Waals surface area contributed by atoms with Gasteiger partial charge >= 0.3 is 7.25 Å². The van der Waals surface area contributed by atoms with Crippen molar-refractivity contribution in [2.45, 2.75) is 96.8 Å². The normalized spacial score (nSPS) is 11.0. The molecule has 23 heavy (non-hydrogen) atoms. The quantitative estimate of drug-likeness (QED) is 0.153. The molecule has 0 aromatic carbocycles. The van der Waals surface area contributed by atoms with Gasteiger partial charge in [0.1, 0.15) is 0 Å². The van der Waals surface area contributed by atoms with Gasteiger partial charge in [-0.1, -0.05) is 84.0 Å². The van der Waals surface area contributed by atoms with Gasteiger partial charge in [-0.05, 0) is 6.42 Å². The first-order chi connectivity index (χ1) is 10.8. The predicted octanol–water partition coefficient (Wildman–Crippen LogP) is 4.88. The van der Waals surface area contributed by atoms with E-state index in [1.165, 1.54) is 83.5 Å². The van der Waals surface area contributed by atoms with Gasteiger partial charge in [0, 0.05) is 6.42 Å². The van der Waals surface area contributed by atoms with E-state index in [1.807, 2.05) is 0 Å². The summed E-state index contributed by atoms with van der Waals surface area (Å²) in [5, 5.41) is 5.43. The van der Waals surface area contributed by atoms with Crippen LogP contribution in [0.4, 0.5) is 17.3 Å². The molecule has 0 aliphatic rings. The molecule has 2 nitrogen and oxygen atoms in total. The first-order valence-electron chi connectivity index (χ1n) is 9.01. The minimum Gasteiger partial charge on any atom is -0.418 e. The van der Waals surface area contributed by atoms with Crippen LogP contribution in [0.3, 0.4) is 0 Å². The van der Waals surface area contributed by atoms with Crippen molar-refractivity contribution in [3.05, 3.63) is 0 Å². The summed E-state index contributed by atoms with van der Waals surface area (Å²) in [6.45, 7) is 2.28. The van der Waals surface area contributed by atoms with Crippen LogP contribution in [0.1, 0.15) is 96.8 Å². The average molecular weight is 342 g/mol. The van der Waals surface area contributed by atoms with Gasteiger partial charge in [0.05, 0.1) is 0 Å². The molecule has 4 N–H and O–H groups in total. The van der Waals surface area contributed by atoms with Crippen LogP contribution in [-0.2, 0) is 0 Å². The summed E-state index contributed by atoms with van der Waals surface area (Å²) >= 11 is 0. The molecule has 0 saturated heterocycles. The summed E-state index contributed by atoms with van der Waals surface area (Å²) in [6, 6.07) is 0. The lowest BCUT2D eigenvalue weighted by Gasteiger charge is -2.02. The highest BCUT2D eigenvalue weighted by Crippen LogP contribution is 2.12. The third kappa shape index (κ3) is 38.8. The second-order valence-electron chi connectivity index (χ2n) is 6.06. The summed E-state index contributed by atoms with van der Waals surface area (Å²) in [4.78, 5) is 0. The Labute approximate surface area is 139 Å². The fourth-order valence-corrected chi connectivity index (χ4v) is 2.35. The fraction of sp³-hybridized carbons (Fsp3) is 0.938. The third-order valence-electron chi connectivity index (χ3n) is 3.57. The molecule has 0 amide bonds. The molecule has 0 heterocycles. The van der Waals surface area contributed by atoms with Crippen molar-refractivity contribution in [2.75, 3.05) is 0 Å². The molecule has 0 aliphatic heterocycles. The van der Waals surface area contributed by atoms with Crippen LogP contribution < -0.4 is 11.1 Å². The lowest BCUT2D eigenvalue weighted by Crippen LogP contribution is -2.45. The van der Waals surface area contributed by atoms with Crippen LogP contribution in [-0.4, -0.2) is 13.1 Å². The molecule has 0 atom stereocenters. The van der Waals surface area contributed by atoms with E-state index in [0.29, 0.717) is 5.84 Å². The summed E-state index contributed by atoms with van der Waals surface area (Å²) in [7, 11) is -6.00. The Balaban J connectivity index is 0. The first-order valence-corrected chi connectivity index (χ1v) is 9.01. The van der Waals surface area contributed by atoms with E-state index in [2.05, 4.69) is 6.92 Å². The lowest BCUT2D eigenvalue weighted by atomic mass is 10.0. The molecule has 0 rings (SSSR count). The van der Waals surface area contributed by atoms with Crippen molar-refractivity contribution in [3.8, 4) is 0 Å². The van der Waals surface area contributed by atoms with E-state index in [0.717, 1.165) is 6.42 Å². The zero-order valence-corrected chi connectivity index (χ0v) is 14.6. The van der Waals surface area contributed by atoms with Crippen LogP contribution in [0.15, 0.2) is 0 Å². The molecule has 0 aromatic rings. The van der Waals surface area contributed by atoms with Gasteiger partial charge in [-0.3, -0.25) is 11.1 Å². The summed E-state index contributed by atoms with van der Waals surface area (Å²) < 4.78 is 39.0. The maximum atomic E-state index is 9.75. The fourth-order valence-electron chi connectivity index (χ4n) is 2.35. The van der Waals surface area contributed by atoms with Gasteiger partial charge in [0.15, 0.2) is 0 Å². The average Bonchev–Trinajstić information content (AvgIpc) is 2.42. The van der Waals surface area contributed by atoms with Gasteiger partial charge in [-0.15, -0.1) is 0 Å². The van der Waals surface area contributed by atoms with E-state index < -0.39 is 7.25 Å². The SMILES string of the molecule is CCCCCCCCCCCCCCCC(N)=[NH2+].F[B-](F)(F)F. The van der Waals surface area contributed by atoms with E-state index >= 15 is 0 Å². The largest absolute Gasteiger partial charge is 0.673 e. The smallest absolute Gasteiger partial charge is 0.418 e. The van der Waals surface area contributed by atoms with Crippen molar-refractivity contribution < 1.29 is 22.7 Å². The highest BCUT2D eigenvalue weighted by atomic mass is 19.5. The third-order valence-corrected chi connectivity index (χ3v) is 3.57. The molecule has 140 valence electrons. The van der Waals surface area contributed by atoms with E-state index in [9.17, 15) is 17.3 Å². The Morgan fingerprint density at radius 2 is 0.957 bits per heavy atom. The summed E-state index contributed by atoms with van der Waals surface area (Å²) in [6.07, 6.45) is 18.9. The predicted molar refractivity (Wildman–Crippen MR) is 91.6 cm³/mol. The number of rotatable bonds is 14. The monoisotopic (exact) mass is 342 g/mol. The van der Waals surface area contributed by atoms with Crippen molar-refractivity contribution in [1.82, 2.24) is 0 Å². The van der Waals surface area contributed by atoms with Crippen LogP contribution in [0.2, 0.25) is 0 Å². The Morgan fingerprint density at radius 3 is 1.22 bits per heavy atom. The number of nitrogens with two attached hydrogens (primary N) is 2. The van der Waals surface area contributed by atoms with Gasteiger partial charge < -0.3 is 17.3 Å². The molecule has 7 heteroatoms. The molecule has 0 spiro atoms. The van der Waals surface area contributed by atoms with E-state index in [4.69, 9.17) is 11.1 Å². The van der Waals surface area contributed by atoms with Gasteiger partial charge in [0.2, 0.25) is 5.84 Å². The van der Waals surface area contributed by atoms with Crippen LogP contribution in [0.5, 0.6) is 0 Å². The molecule has 0 saturated carbocycles. The van der Waals surface area contributed by atoms with Gasteiger partial charge in [0.25, 0.3) is 0 Å². The number of hydrogen-bond acceptors (Lipinski definition) is 0. The van der Waals surface area contributed by atoms with Crippen molar-refractivity contribution in [2.24, 2.45) is 5.73 Å². The topological polar surface area (TPSA) is 51.6 Å². The zero-order valence-electron chi connectivity index (χ0n) is 14.6. The Kier molecular flexibility index (Phi) is 18.8. The minimum atomic E-state index is -6.00. The Bertz CT molecular complexity index is 255. The van der Waals surface area contributed by atoms with Crippen LogP contribution >= 0.6 is 0 Å². The number of amidine groups is 1. The van der Waals surface area contributed by atoms with Crippen LogP contribution in [0.25, 0.3) is 0 Å². The summed E-state index contributed by atoms with van der Waals surface area (Å²) in [5.74, 6) is 0.595. The Morgan fingerprint density at radius 1 is 0.696 bits per heavy atom. The standard InChI is InChI=1S/C16H34N2.BF4/c1-2-3-4-5-6-7-8-9-10-11-12-13-14-15-16(17)18;2-1(3,4)5/h2-15H2,1H3,(H3,17,18);/q;-1/p+1. The van der Waals surface area contributed by atoms with Crippen LogP contribution in [0, 0.1) is 0 Å². The molecule has 0 aliphatic carbocycles. The number of unbranched alkanes of at least 4 members (excludes halogenated alkanes) is 12. The molecule has 0 unspecified atom stereocenters. The second-order valence-corrected chi connectivity index (χ2v) is 6.06. The molecular weight excluding hydrogens is 307 g/mol. The Hall–Kier alpha value is -0.745. The van der Waals surface area contributed by atoms with Gasteiger partial charge in [-0.2, -0.15) is 0 Å². The van der Waals surface area contributed by atoms with E-state index in [1.54, 1.807) is 0 Å². The van der Waals surface area contributed by atoms with Crippen molar-refractivity contribution in [3.63, 3.8) is 0 Å². The molecular formula is C16H35BF4N2. The maximum absolute atomic E-state index is 9.75. The maximum Gasteiger partial charge on any atom is 0.673 e. The van der Waals surface area contributed by atoms with Crippen molar-refractivity contribution in [1.29, 1.82) is 0 Å². The molecule has 0 bridgehead atoms. The first kappa shape index (κ1) is 24.5. The number of hydrogen-bond donors (Lipinski definition) is 2. The number of halogens is 4. The zero-order chi connectivity index (χ0) is 18.0. The molecule has 0 fully saturated rings. The van der Waals surface area contributed by atoms with Gasteiger partial charge in [-0.25, -0.2) is 0 Å². The highest BCUT2D eigenvalue weighted by molar-refractivity contribution is 6.50. The van der Waals surface area contributed by atoms with Crippen molar-refractivity contribution >= 4 is 13.1 Å². The minimum absolute atomic E-state index is 0.595. The molecule has 0 radical (unpaired) electrons.